The number of aromatic nitrogens is 3. The number of halogens is 1. The van der Waals surface area contributed by atoms with Gasteiger partial charge >= 0.3 is 0 Å². The van der Waals surface area contributed by atoms with E-state index in [-0.39, 0.29) is 30.1 Å². The van der Waals surface area contributed by atoms with E-state index in [9.17, 15) is 0 Å². The molecule has 0 radical (unpaired) electrons. The molecule has 1 aliphatic rings. The van der Waals surface area contributed by atoms with Crippen molar-refractivity contribution in [1.82, 2.24) is 25.4 Å². The lowest BCUT2D eigenvalue weighted by Crippen LogP contribution is -2.41. The van der Waals surface area contributed by atoms with Gasteiger partial charge in [0, 0.05) is 20.2 Å². The fraction of sp³-hybridized carbons (Fsp3) is 0.571. The third-order valence-corrected chi connectivity index (χ3v) is 5.26. The van der Waals surface area contributed by atoms with Gasteiger partial charge in [0.05, 0.1) is 40.5 Å². The van der Waals surface area contributed by atoms with Crippen LogP contribution in [0.15, 0.2) is 17.1 Å². The van der Waals surface area contributed by atoms with Gasteiger partial charge in [0.1, 0.15) is 5.82 Å². The minimum Gasteiger partial charge on any atom is -0.493 e. The quantitative estimate of drug-likeness (QED) is 0.274. The van der Waals surface area contributed by atoms with E-state index >= 15 is 0 Å². The van der Waals surface area contributed by atoms with E-state index < -0.39 is 0 Å². The Morgan fingerprint density at radius 2 is 1.88 bits per heavy atom. The van der Waals surface area contributed by atoms with Crippen molar-refractivity contribution in [3.8, 4) is 17.2 Å². The third kappa shape index (κ3) is 6.61. The van der Waals surface area contributed by atoms with Crippen molar-refractivity contribution in [2.45, 2.75) is 39.0 Å². The Kier molecular flexibility index (Phi) is 10.3. The molecule has 1 unspecified atom stereocenters. The molecule has 0 amide bonds. The highest BCUT2D eigenvalue weighted by Crippen LogP contribution is 2.38. The van der Waals surface area contributed by atoms with Gasteiger partial charge in [-0.1, -0.05) is 0 Å². The molecule has 0 saturated carbocycles. The van der Waals surface area contributed by atoms with Gasteiger partial charge in [-0.2, -0.15) is 0 Å². The van der Waals surface area contributed by atoms with Crippen LogP contribution in [0.5, 0.6) is 17.2 Å². The number of hydrogen-bond donors (Lipinski definition) is 2. The number of guanidine groups is 1. The summed E-state index contributed by atoms with van der Waals surface area (Å²) in [5.74, 6) is 4.12. The molecule has 1 aliphatic heterocycles. The van der Waals surface area contributed by atoms with Crippen molar-refractivity contribution in [2.75, 3.05) is 34.5 Å². The molecule has 32 heavy (non-hydrogen) atoms. The minimum absolute atomic E-state index is 0. The first kappa shape index (κ1) is 26.0. The maximum atomic E-state index is 5.72. The Balaban J connectivity index is 0.00000363. The molecule has 1 atom stereocenters. The average molecular weight is 560 g/mol. The van der Waals surface area contributed by atoms with E-state index in [0.29, 0.717) is 42.8 Å². The molecule has 11 heteroatoms. The summed E-state index contributed by atoms with van der Waals surface area (Å²) in [6, 6.07) is 3.79. The van der Waals surface area contributed by atoms with Crippen LogP contribution >= 0.6 is 24.0 Å². The lowest BCUT2D eigenvalue weighted by Gasteiger charge is -2.16. The molecule has 1 fully saturated rings. The molecule has 1 aromatic heterocycles. The molecule has 1 saturated heterocycles. The first-order valence-electron chi connectivity index (χ1n) is 10.3. The lowest BCUT2D eigenvalue weighted by molar-refractivity contribution is 0.113. The zero-order valence-electron chi connectivity index (χ0n) is 19.3. The molecule has 2 heterocycles. The molecule has 10 nitrogen and oxygen atoms in total. The molecular weight excluding hydrogens is 527 g/mol. The Morgan fingerprint density at radius 1 is 1.16 bits per heavy atom. The molecule has 0 aliphatic carbocycles. The Hall–Kier alpha value is -2.28. The van der Waals surface area contributed by atoms with Crippen molar-refractivity contribution in [1.29, 1.82) is 0 Å². The van der Waals surface area contributed by atoms with E-state index in [4.69, 9.17) is 23.9 Å². The van der Waals surface area contributed by atoms with Gasteiger partial charge in [0.25, 0.3) is 0 Å². The van der Waals surface area contributed by atoms with Gasteiger partial charge < -0.3 is 34.1 Å². The fourth-order valence-corrected chi connectivity index (χ4v) is 3.35. The lowest BCUT2D eigenvalue weighted by atomic mass is 10.2. The van der Waals surface area contributed by atoms with Crippen molar-refractivity contribution in [3.63, 3.8) is 0 Å². The second-order valence-corrected chi connectivity index (χ2v) is 7.29. The monoisotopic (exact) mass is 560 g/mol. The normalized spacial score (nSPS) is 15.8. The Labute approximate surface area is 206 Å². The summed E-state index contributed by atoms with van der Waals surface area (Å²) < 4.78 is 23.9. The number of ether oxygens (including phenoxy) is 4. The number of aliphatic imine (C=N–C) groups is 1. The van der Waals surface area contributed by atoms with Crippen molar-refractivity contribution >= 4 is 29.9 Å². The van der Waals surface area contributed by atoms with Crippen molar-refractivity contribution in [2.24, 2.45) is 12.0 Å². The second kappa shape index (κ2) is 12.7. The van der Waals surface area contributed by atoms with E-state index in [1.54, 1.807) is 21.3 Å². The highest BCUT2D eigenvalue weighted by atomic mass is 127. The molecular formula is C21H33IN6O4. The Bertz CT molecular complexity index is 873. The van der Waals surface area contributed by atoms with Crippen LogP contribution in [-0.4, -0.2) is 61.3 Å². The number of benzene rings is 1. The van der Waals surface area contributed by atoms with E-state index in [1.807, 2.05) is 30.7 Å². The zero-order chi connectivity index (χ0) is 22.2. The van der Waals surface area contributed by atoms with Gasteiger partial charge in [-0.15, -0.1) is 34.2 Å². The number of nitrogens with zero attached hydrogens (tertiary/aromatic N) is 4. The second-order valence-electron chi connectivity index (χ2n) is 7.29. The third-order valence-electron chi connectivity index (χ3n) is 5.26. The van der Waals surface area contributed by atoms with Gasteiger partial charge in [-0.05, 0) is 37.5 Å². The van der Waals surface area contributed by atoms with Gasteiger partial charge in [0.2, 0.25) is 5.75 Å². The maximum Gasteiger partial charge on any atom is 0.203 e. The largest absolute Gasteiger partial charge is 0.493 e. The number of methoxy groups -OCH3 is 3. The average Bonchev–Trinajstić information content (AvgIpc) is 3.42. The van der Waals surface area contributed by atoms with E-state index in [1.165, 1.54) is 0 Å². The molecule has 2 N–H and O–H groups in total. The van der Waals surface area contributed by atoms with Gasteiger partial charge in [-0.25, -0.2) is 4.99 Å². The van der Waals surface area contributed by atoms with Gasteiger partial charge in [0.15, 0.2) is 23.3 Å². The van der Waals surface area contributed by atoms with Crippen LogP contribution < -0.4 is 24.8 Å². The van der Waals surface area contributed by atoms with E-state index in [0.717, 1.165) is 36.7 Å². The summed E-state index contributed by atoms with van der Waals surface area (Å²) in [5, 5.41) is 15.0. The standard InChI is InChI=1S/C21H32N6O4.HI/c1-14-25-26-19(27(14)2)13-24-21(23-12-16-7-6-8-31-16)22-11-15-9-17(28-3)20(30-5)18(10-15)29-4;/h9-10,16H,6-8,11-13H2,1-5H3,(H2,22,23,24);1H. The van der Waals surface area contributed by atoms with Crippen LogP contribution in [0.3, 0.4) is 0 Å². The summed E-state index contributed by atoms with van der Waals surface area (Å²) in [6.45, 7) is 4.36. The van der Waals surface area contributed by atoms with Gasteiger partial charge in [-0.3, -0.25) is 0 Å². The number of nitrogens with one attached hydrogen (secondary N) is 2. The van der Waals surface area contributed by atoms with Crippen LogP contribution in [0.2, 0.25) is 0 Å². The number of hydrogen-bond acceptors (Lipinski definition) is 7. The predicted molar refractivity (Wildman–Crippen MR) is 132 cm³/mol. The molecule has 2 aromatic rings. The maximum absolute atomic E-state index is 5.72. The molecule has 3 rings (SSSR count). The number of aryl methyl sites for hydroxylation is 1. The van der Waals surface area contributed by atoms with Crippen LogP contribution in [0.1, 0.15) is 30.1 Å². The highest BCUT2D eigenvalue weighted by Gasteiger charge is 2.17. The minimum atomic E-state index is 0. The fourth-order valence-electron chi connectivity index (χ4n) is 3.35. The van der Waals surface area contributed by atoms with Crippen molar-refractivity contribution < 1.29 is 18.9 Å². The predicted octanol–water partition coefficient (Wildman–Crippen LogP) is 2.18. The highest BCUT2D eigenvalue weighted by molar-refractivity contribution is 14.0. The summed E-state index contributed by atoms with van der Waals surface area (Å²) in [6.07, 6.45) is 2.34. The molecule has 0 bridgehead atoms. The first-order chi connectivity index (χ1) is 15.0. The topological polar surface area (TPSA) is 104 Å². The van der Waals surface area contributed by atoms with Crippen molar-refractivity contribution in [3.05, 3.63) is 29.3 Å². The van der Waals surface area contributed by atoms with Crippen LogP contribution in [0.4, 0.5) is 0 Å². The van der Waals surface area contributed by atoms with E-state index in [2.05, 4.69) is 20.8 Å². The molecule has 1 aromatic carbocycles. The SMILES string of the molecule is COc1cc(CN=C(NCc2nnc(C)n2C)NCC2CCCO2)cc(OC)c1OC.I. The Morgan fingerprint density at radius 3 is 2.41 bits per heavy atom. The summed E-state index contributed by atoms with van der Waals surface area (Å²) in [7, 11) is 6.73. The summed E-state index contributed by atoms with van der Waals surface area (Å²) in [5.41, 5.74) is 0.933. The van der Waals surface area contributed by atoms with Crippen LogP contribution in [-0.2, 0) is 24.9 Å². The van der Waals surface area contributed by atoms with Crippen LogP contribution in [0, 0.1) is 6.92 Å². The number of rotatable bonds is 9. The first-order valence-corrected chi connectivity index (χ1v) is 10.3. The molecule has 178 valence electrons. The smallest absolute Gasteiger partial charge is 0.203 e. The molecule has 0 spiro atoms. The zero-order valence-corrected chi connectivity index (χ0v) is 21.6. The van der Waals surface area contributed by atoms with Crippen LogP contribution in [0.25, 0.3) is 0 Å². The summed E-state index contributed by atoms with van der Waals surface area (Å²) in [4.78, 5) is 4.74. The summed E-state index contributed by atoms with van der Waals surface area (Å²) >= 11 is 0.